The monoisotopic (exact) mass is 452 g/mol. The molecule has 0 fully saturated rings. The molecule has 0 spiro atoms. The maximum atomic E-state index is 13.1. The topological polar surface area (TPSA) is 49.4 Å². The van der Waals surface area contributed by atoms with Crippen LogP contribution in [0.15, 0.2) is 47.4 Å². The fraction of sp³-hybridized carbons (Fsp3) is 0.364. The van der Waals surface area contributed by atoms with Crippen molar-refractivity contribution < 1.29 is 9.59 Å². The summed E-state index contributed by atoms with van der Waals surface area (Å²) in [7, 11) is 0. The third-order valence-corrected chi connectivity index (χ3v) is 5.92. The van der Waals surface area contributed by atoms with Gasteiger partial charge in [-0.15, -0.1) is 11.8 Å². The summed E-state index contributed by atoms with van der Waals surface area (Å²) in [6, 6.07) is 12.5. The minimum absolute atomic E-state index is 0.0112. The Morgan fingerprint density at radius 3 is 2.31 bits per heavy atom. The zero-order chi connectivity index (χ0) is 21.6. The lowest BCUT2D eigenvalue weighted by molar-refractivity contribution is -0.138. The Morgan fingerprint density at radius 2 is 1.72 bits per heavy atom. The van der Waals surface area contributed by atoms with Crippen molar-refractivity contribution in [1.29, 1.82) is 0 Å². The van der Waals surface area contributed by atoms with Gasteiger partial charge in [0.1, 0.15) is 6.04 Å². The van der Waals surface area contributed by atoms with Gasteiger partial charge in [0.05, 0.1) is 5.75 Å². The molecular weight excluding hydrogens is 427 g/mol. The standard InChI is InChI=1S/C22H26Cl2N2O2S/c1-14(2)25-22(28)16(4)26(12-17-7-8-18(23)11-20(17)24)21(27)13-29-19-9-5-15(3)6-10-19/h5-11,14,16H,12-13H2,1-4H3,(H,25,28). The Morgan fingerprint density at radius 1 is 1.07 bits per heavy atom. The fourth-order valence-electron chi connectivity index (χ4n) is 2.68. The highest BCUT2D eigenvalue weighted by Gasteiger charge is 2.27. The molecule has 1 atom stereocenters. The van der Waals surface area contributed by atoms with E-state index < -0.39 is 6.04 Å². The van der Waals surface area contributed by atoms with Crippen LogP contribution in [0.25, 0.3) is 0 Å². The second-order valence-corrected chi connectivity index (χ2v) is 9.09. The largest absolute Gasteiger partial charge is 0.352 e. The molecule has 2 aromatic rings. The highest BCUT2D eigenvalue weighted by Crippen LogP contribution is 2.25. The number of aryl methyl sites for hydroxylation is 1. The molecule has 0 saturated heterocycles. The number of carbonyl (C=O) groups excluding carboxylic acids is 2. The van der Waals surface area contributed by atoms with Crippen molar-refractivity contribution in [2.24, 2.45) is 0 Å². The van der Waals surface area contributed by atoms with Crippen molar-refractivity contribution in [3.8, 4) is 0 Å². The smallest absolute Gasteiger partial charge is 0.242 e. The fourth-order valence-corrected chi connectivity index (χ4v) is 3.94. The van der Waals surface area contributed by atoms with Gasteiger partial charge in [-0.1, -0.05) is 47.0 Å². The van der Waals surface area contributed by atoms with E-state index >= 15 is 0 Å². The van der Waals surface area contributed by atoms with E-state index in [1.807, 2.05) is 45.0 Å². The number of halogens is 2. The lowest BCUT2D eigenvalue weighted by Crippen LogP contribution is -2.49. The molecule has 0 saturated carbocycles. The van der Waals surface area contributed by atoms with Crippen LogP contribution in [0.3, 0.4) is 0 Å². The van der Waals surface area contributed by atoms with Gasteiger partial charge in [-0.05, 0) is 57.5 Å². The predicted octanol–water partition coefficient (Wildman–Crippen LogP) is 5.34. The summed E-state index contributed by atoms with van der Waals surface area (Å²) in [5, 5.41) is 3.87. The summed E-state index contributed by atoms with van der Waals surface area (Å²) in [5.41, 5.74) is 1.91. The number of rotatable bonds is 8. The highest BCUT2D eigenvalue weighted by molar-refractivity contribution is 8.00. The normalized spacial score (nSPS) is 12.0. The van der Waals surface area contributed by atoms with Crippen molar-refractivity contribution >= 4 is 46.8 Å². The van der Waals surface area contributed by atoms with E-state index in [4.69, 9.17) is 23.2 Å². The maximum Gasteiger partial charge on any atom is 0.242 e. The van der Waals surface area contributed by atoms with Gasteiger partial charge >= 0.3 is 0 Å². The molecule has 156 valence electrons. The molecule has 2 aromatic carbocycles. The van der Waals surface area contributed by atoms with Crippen molar-refractivity contribution in [2.75, 3.05) is 5.75 Å². The van der Waals surface area contributed by atoms with Crippen molar-refractivity contribution in [3.05, 3.63) is 63.6 Å². The van der Waals surface area contributed by atoms with E-state index in [9.17, 15) is 9.59 Å². The molecule has 0 aromatic heterocycles. The minimum atomic E-state index is -0.629. The molecule has 0 aliphatic rings. The van der Waals surface area contributed by atoms with Crippen LogP contribution in [0, 0.1) is 6.92 Å². The first kappa shape index (κ1) is 23.6. The Balaban J connectivity index is 2.18. The number of hydrogen-bond acceptors (Lipinski definition) is 3. The summed E-state index contributed by atoms with van der Waals surface area (Å²) >= 11 is 13.7. The first-order chi connectivity index (χ1) is 13.7. The van der Waals surface area contributed by atoms with E-state index in [0.717, 1.165) is 10.5 Å². The number of carbonyl (C=O) groups is 2. The molecular formula is C22H26Cl2N2O2S. The third kappa shape index (κ3) is 7.25. The van der Waals surface area contributed by atoms with Gasteiger partial charge in [0, 0.05) is 27.5 Å². The van der Waals surface area contributed by atoms with E-state index in [1.165, 1.54) is 17.3 Å². The van der Waals surface area contributed by atoms with Crippen LogP contribution in [-0.4, -0.2) is 34.6 Å². The zero-order valence-electron chi connectivity index (χ0n) is 17.0. The minimum Gasteiger partial charge on any atom is -0.352 e. The van der Waals surface area contributed by atoms with Crippen LogP contribution in [0.4, 0.5) is 0 Å². The van der Waals surface area contributed by atoms with Crippen molar-refractivity contribution in [2.45, 2.75) is 51.2 Å². The number of nitrogens with one attached hydrogen (secondary N) is 1. The van der Waals surface area contributed by atoms with Crippen LogP contribution in [0.2, 0.25) is 10.0 Å². The van der Waals surface area contributed by atoms with Crippen LogP contribution < -0.4 is 5.32 Å². The molecule has 4 nitrogen and oxygen atoms in total. The van der Waals surface area contributed by atoms with E-state index in [0.29, 0.717) is 10.0 Å². The molecule has 1 unspecified atom stereocenters. The molecule has 2 amide bonds. The van der Waals surface area contributed by atoms with Gasteiger partial charge in [0.15, 0.2) is 0 Å². The number of benzene rings is 2. The van der Waals surface area contributed by atoms with Gasteiger partial charge in [-0.25, -0.2) is 0 Å². The first-order valence-corrected chi connectivity index (χ1v) is 11.1. The third-order valence-electron chi connectivity index (χ3n) is 4.34. The number of nitrogens with zero attached hydrogens (tertiary/aromatic N) is 1. The molecule has 1 N–H and O–H groups in total. The number of thioether (sulfide) groups is 1. The molecule has 0 heterocycles. The molecule has 0 bridgehead atoms. The summed E-state index contributed by atoms with van der Waals surface area (Å²) < 4.78 is 0. The Labute approximate surface area is 187 Å². The predicted molar refractivity (Wildman–Crippen MR) is 122 cm³/mol. The molecule has 0 aliphatic carbocycles. The Kier molecular flexibility index (Phi) is 8.87. The second-order valence-electron chi connectivity index (χ2n) is 7.20. The summed E-state index contributed by atoms with van der Waals surface area (Å²) in [6.07, 6.45) is 0. The Hall–Kier alpha value is -1.69. The van der Waals surface area contributed by atoms with Crippen LogP contribution >= 0.6 is 35.0 Å². The number of amides is 2. The Bertz CT molecular complexity index is 856. The van der Waals surface area contributed by atoms with Gasteiger partial charge in [-0.3, -0.25) is 9.59 Å². The van der Waals surface area contributed by atoms with E-state index in [1.54, 1.807) is 30.0 Å². The summed E-state index contributed by atoms with van der Waals surface area (Å²) in [6.45, 7) is 7.76. The zero-order valence-corrected chi connectivity index (χ0v) is 19.4. The van der Waals surface area contributed by atoms with Gasteiger partial charge in [0.2, 0.25) is 11.8 Å². The van der Waals surface area contributed by atoms with Crippen LogP contribution in [-0.2, 0) is 16.1 Å². The second kappa shape index (κ2) is 10.9. The van der Waals surface area contributed by atoms with Crippen LogP contribution in [0.5, 0.6) is 0 Å². The number of hydrogen-bond donors (Lipinski definition) is 1. The lowest BCUT2D eigenvalue weighted by Gasteiger charge is -2.29. The van der Waals surface area contributed by atoms with Gasteiger partial charge in [0.25, 0.3) is 0 Å². The quantitative estimate of drug-likeness (QED) is 0.550. The lowest BCUT2D eigenvalue weighted by atomic mass is 10.1. The summed E-state index contributed by atoms with van der Waals surface area (Å²) in [4.78, 5) is 28.2. The molecule has 0 radical (unpaired) electrons. The van der Waals surface area contributed by atoms with Crippen LogP contribution in [0.1, 0.15) is 31.9 Å². The van der Waals surface area contributed by atoms with Gasteiger partial charge < -0.3 is 10.2 Å². The maximum absolute atomic E-state index is 13.1. The summed E-state index contributed by atoms with van der Waals surface area (Å²) in [5.74, 6) is -0.0973. The highest BCUT2D eigenvalue weighted by atomic mass is 35.5. The van der Waals surface area contributed by atoms with E-state index in [2.05, 4.69) is 5.32 Å². The van der Waals surface area contributed by atoms with Crippen molar-refractivity contribution in [3.63, 3.8) is 0 Å². The molecule has 2 rings (SSSR count). The molecule has 0 aliphatic heterocycles. The molecule has 7 heteroatoms. The van der Waals surface area contributed by atoms with E-state index in [-0.39, 0.29) is 30.2 Å². The average Bonchev–Trinajstić information content (AvgIpc) is 2.65. The first-order valence-electron chi connectivity index (χ1n) is 9.40. The average molecular weight is 453 g/mol. The SMILES string of the molecule is Cc1ccc(SCC(=O)N(Cc2ccc(Cl)cc2Cl)C(C)C(=O)NC(C)C)cc1. The molecule has 29 heavy (non-hydrogen) atoms. The van der Waals surface area contributed by atoms with Gasteiger partial charge in [-0.2, -0.15) is 0 Å². The van der Waals surface area contributed by atoms with Crippen molar-refractivity contribution in [1.82, 2.24) is 10.2 Å².